The van der Waals surface area contributed by atoms with Crippen molar-refractivity contribution in [1.82, 2.24) is 0 Å². The average Bonchev–Trinajstić information content (AvgIpc) is 2.53. The second-order valence-corrected chi connectivity index (χ2v) is 7.69. The Labute approximate surface area is 135 Å². The molecular weight excluding hydrogens is 327 g/mol. The molecule has 1 aliphatic heterocycles. The first-order valence-electron chi connectivity index (χ1n) is 7.07. The lowest BCUT2D eigenvalue weighted by atomic mass is 10.1. The Hall–Kier alpha value is -0.430. The van der Waals surface area contributed by atoms with E-state index in [4.69, 9.17) is 9.84 Å². The van der Waals surface area contributed by atoms with E-state index in [0.717, 1.165) is 23.5 Å². The van der Waals surface area contributed by atoms with Crippen molar-refractivity contribution in [3.8, 4) is 0 Å². The zero-order chi connectivity index (χ0) is 16.5. The van der Waals surface area contributed by atoms with E-state index in [1.165, 1.54) is 5.57 Å². The summed E-state index contributed by atoms with van der Waals surface area (Å²) in [6, 6.07) is 0. The number of carbonyl (C=O) groups is 1. The van der Waals surface area contributed by atoms with Gasteiger partial charge in [0.1, 0.15) is 18.3 Å². The Morgan fingerprint density at radius 2 is 2.18 bits per heavy atom. The molecule has 8 heteroatoms. The minimum atomic E-state index is -2.09. The van der Waals surface area contributed by atoms with Gasteiger partial charge in [-0.2, -0.15) is 0 Å². The third kappa shape index (κ3) is 6.77. The number of thioether (sulfide) groups is 1. The molecule has 0 spiro atoms. The normalized spacial score (nSPS) is 19.0. The summed E-state index contributed by atoms with van der Waals surface area (Å²) in [5.41, 5.74) is 1.35. The predicted octanol–water partition coefficient (Wildman–Crippen LogP) is 1.30. The number of hydrogen-bond donors (Lipinski definition) is 4. The van der Waals surface area contributed by atoms with Crippen LogP contribution in [0.25, 0.3) is 0 Å². The molecule has 0 aromatic rings. The van der Waals surface area contributed by atoms with Crippen LogP contribution < -0.4 is 0 Å². The van der Waals surface area contributed by atoms with Crippen LogP contribution in [0.2, 0.25) is 0 Å². The van der Waals surface area contributed by atoms with Crippen molar-refractivity contribution < 1.29 is 29.7 Å². The fourth-order valence-electron chi connectivity index (χ4n) is 1.78. The second kappa shape index (κ2) is 10.4. The van der Waals surface area contributed by atoms with E-state index in [0.29, 0.717) is 0 Å². The molecule has 126 valence electrons. The molecule has 1 heterocycles. The first-order chi connectivity index (χ1) is 10.5. The van der Waals surface area contributed by atoms with Crippen LogP contribution in [0.3, 0.4) is 0 Å². The van der Waals surface area contributed by atoms with Crippen LogP contribution in [0.5, 0.6) is 0 Å². The molecule has 6 nitrogen and oxygen atoms in total. The van der Waals surface area contributed by atoms with Gasteiger partial charge in [0, 0.05) is 5.75 Å². The molecule has 0 saturated heterocycles. The van der Waals surface area contributed by atoms with Gasteiger partial charge in [0.05, 0.1) is 21.2 Å². The SMILES string of the molecule is CCCC1=CC=C(CC(=O)OCP(O)C(O)C(O)CO)SC1. The van der Waals surface area contributed by atoms with Gasteiger partial charge < -0.3 is 24.9 Å². The van der Waals surface area contributed by atoms with E-state index < -0.39 is 32.7 Å². The van der Waals surface area contributed by atoms with E-state index in [1.54, 1.807) is 11.8 Å². The molecule has 4 N–H and O–H groups in total. The van der Waals surface area contributed by atoms with Gasteiger partial charge >= 0.3 is 5.97 Å². The highest BCUT2D eigenvalue weighted by Gasteiger charge is 2.25. The number of aliphatic hydroxyl groups is 3. The molecule has 22 heavy (non-hydrogen) atoms. The Morgan fingerprint density at radius 3 is 2.73 bits per heavy atom. The van der Waals surface area contributed by atoms with E-state index in [2.05, 4.69) is 6.92 Å². The summed E-state index contributed by atoms with van der Waals surface area (Å²) in [6.07, 6.45) is 4.42. The number of allylic oxidation sites excluding steroid dienone is 2. The zero-order valence-electron chi connectivity index (χ0n) is 12.5. The van der Waals surface area contributed by atoms with Crippen molar-refractivity contribution in [3.63, 3.8) is 0 Å². The molecule has 0 aliphatic carbocycles. The van der Waals surface area contributed by atoms with Gasteiger partial charge in [-0.05, 0) is 11.3 Å². The molecule has 0 bridgehead atoms. The van der Waals surface area contributed by atoms with Crippen LogP contribution in [0, 0.1) is 0 Å². The number of rotatable bonds is 9. The lowest BCUT2D eigenvalue weighted by Crippen LogP contribution is -2.28. The Morgan fingerprint density at radius 1 is 1.45 bits per heavy atom. The molecule has 0 aromatic carbocycles. The summed E-state index contributed by atoms with van der Waals surface area (Å²) in [7, 11) is -2.09. The highest BCUT2D eigenvalue weighted by Crippen LogP contribution is 2.37. The summed E-state index contributed by atoms with van der Waals surface area (Å²) in [5.74, 6) is -1.10. The van der Waals surface area contributed by atoms with E-state index in [-0.39, 0.29) is 12.8 Å². The number of hydrogen-bond acceptors (Lipinski definition) is 7. The van der Waals surface area contributed by atoms with Crippen molar-refractivity contribution >= 4 is 25.9 Å². The van der Waals surface area contributed by atoms with Crippen molar-refractivity contribution in [1.29, 1.82) is 0 Å². The van der Waals surface area contributed by atoms with Crippen molar-refractivity contribution in [2.75, 3.05) is 18.7 Å². The van der Waals surface area contributed by atoms with Crippen LogP contribution in [-0.4, -0.2) is 56.8 Å². The standard InChI is InChI=1S/C14H23O6PS/c1-2-3-10-4-5-11(22-8-10)6-13(17)20-9-21(19)14(18)12(16)7-15/h4-5,12,14-16,18-19H,2-3,6-9H2,1H3. The molecule has 0 saturated carbocycles. The summed E-state index contributed by atoms with van der Waals surface area (Å²) in [5, 5.41) is 27.3. The Kier molecular flexibility index (Phi) is 9.24. The maximum Gasteiger partial charge on any atom is 0.311 e. The van der Waals surface area contributed by atoms with Gasteiger partial charge in [-0.3, -0.25) is 4.79 Å². The van der Waals surface area contributed by atoms with Crippen molar-refractivity contribution in [2.24, 2.45) is 0 Å². The first kappa shape index (κ1) is 19.6. The highest BCUT2D eigenvalue weighted by atomic mass is 32.2. The topological polar surface area (TPSA) is 107 Å². The van der Waals surface area contributed by atoms with Gasteiger partial charge in [-0.15, -0.1) is 11.8 Å². The molecule has 3 unspecified atom stereocenters. The van der Waals surface area contributed by atoms with Gasteiger partial charge in [0.2, 0.25) is 0 Å². The smallest absolute Gasteiger partial charge is 0.311 e. The summed E-state index contributed by atoms with van der Waals surface area (Å²) < 4.78 is 4.91. The maximum atomic E-state index is 11.7. The largest absolute Gasteiger partial charge is 0.458 e. The van der Waals surface area contributed by atoms with E-state index in [1.807, 2.05) is 12.2 Å². The first-order valence-corrected chi connectivity index (χ1v) is 9.60. The minimum absolute atomic E-state index is 0.127. The fraction of sp³-hybridized carbons (Fsp3) is 0.643. The molecule has 1 rings (SSSR count). The number of ether oxygens (including phenoxy) is 1. The van der Waals surface area contributed by atoms with Gasteiger partial charge in [-0.1, -0.05) is 31.1 Å². The summed E-state index contributed by atoms with van der Waals surface area (Å²) in [6.45, 7) is 1.46. The molecule has 0 fully saturated rings. The van der Waals surface area contributed by atoms with Crippen molar-refractivity contribution in [2.45, 2.75) is 38.1 Å². The average molecular weight is 350 g/mol. The number of carbonyl (C=O) groups excluding carboxylic acids is 1. The quantitative estimate of drug-likeness (QED) is 0.367. The third-order valence-electron chi connectivity index (χ3n) is 3.03. The minimum Gasteiger partial charge on any atom is -0.458 e. The molecule has 3 atom stereocenters. The van der Waals surface area contributed by atoms with Crippen molar-refractivity contribution in [3.05, 3.63) is 22.6 Å². The molecular formula is C14H23O6PS. The Balaban J connectivity index is 2.35. The number of aliphatic hydroxyl groups excluding tert-OH is 3. The van der Waals surface area contributed by atoms with Crippen LogP contribution >= 0.6 is 19.9 Å². The highest BCUT2D eigenvalue weighted by molar-refractivity contribution is 8.03. The van der Waals surface area contributed by atoms with Gasteiger partial charge in [-0.25, -0.2) is 0 Å². The van der Waals surface area contributed by atoms with Crippen LogP contribution in [-0.2, 0) is 9.53 Å². The van der Waals surface area contributed by atoms with Gasteiger partial charge in [0.15, 0.2) is 0 Å². The molecule has 0 aromatic heterocycles. The van der Waals surface area contributed by atoms with Crippen LogP contribution in [0.1, 0.15) is 26.2 Å². The maximum absolute atomic E-state index is 11.7. The van der Waals surface area contributed by atoms with E-state index >= 15 is 0 Å². The van der Waals surface area contributed by atoms with E-state index in [9.17, 15) is 19.9 Å². The second-order valence-electron chi connectivity index (χ2n) is 4.92. The third-order valence-corrected chi connectivity index (χ3v) is 5.55. The Bertz CT molecular complexity index is 426. The number of esters is 1. The lowest BCUT2D eigenvalue weighted by Gasteiger charge is -2.21. The summed E-state index contributed by atoms with van der Waals surface area (Å²) in [4.78, 5) is 22.2. The zero-order valence-corrected chi connectivity index (χ0v) is 14.2. The summed E-state index contributed by atoms with van der Waals surface area (Å²) >= 11 is 1.60. The fourth-order valence-corrected chi connectivity index (χ4v) is 3.70. The molecule has 1 aliphatic rings. The van der Waals surface area contributed by atoms with Crippen LogP contribution in [0.4, 0.5) is 0 Å². The molecule has 0 radical (unpaired) electrons. The van der Waals surface area contributed by atoms with Crippen LogP contribution in [0.15, 0.2) is 22.6 Å². The predicted molar refractivity (Wildman–Crippen MR) is 87.3 cm³/mol. The lowest BCUT2D eigenvalue weighted by molar-refractivity contribution is -0.140. The molecule has 0 amide bonds. The monoisotopic (exact) mass is 350 g/mol. The van der Waals surface area contributed by atoms with Gasteiger partial charge in [0.25, 0.3) is 0 Å².